The first kappa shape index (κ1) is 11.7. The Labute approximate surface area is 88.7 Å². The maximum absolute atomic E-state index is 11.7. The zero-order valence-corrected chi connectivity index (χ0v) is 9.23. The molecule has 0 saturated heterocycles. The minimum Gasteiger partial charge on any atom is -0.393 e. The van der Waals surface area contributed by atoms with Crippen LogP contribution < -0.4 is 0 Å². The van der Waals surface area contributed by atoms with E-state index in [0.717, 1.165) is 5.56 Å². The lowest BCUT2D eigenvalue weighted by Gasteiger charge is -2.16. The Morgan fingerprint density at radius 1 is 1.73 bits per heavy atom. The minimum atomic E-state index is -0.406. The van der Waals surface area contributed by atoms with Gasteiger partial charge in [-0.1, -0.05) is 5.16 Å². The summed E-state index contributed by atoms with van der Waals surface area (Å²) in [5.41, 5.74) is 0.726. The van der Waals surface area contributed by atoms with Crippen molar-refractivity contribution in [1.82, 2.24) is 10.1 Å². The largest absolute Gasteiger partial charge is 0.393 e. The molecule has 1 aromatic rings. The normalized spacial score (nSPS) is 12.5. The number of carbonyl (C=O) groups is 1. The van der Waals surface area contributed by atoms with E-state index in [1.54, 1.807) is 20.9 Å². The molecule has 1 rings (SSSR count). The van der Waals surface area contributed by atoms with Crippen LogP contribution in [0.4, 0.5) is 0 Å². The van der Waals surface area contributed by atoms with Gasteiger partial charge >= 0.3 is 0 Å². The van der Waals surface area contributed by atoms with Gasteiger partial charge in [-0.25, -0.2) is 0 Å². The number of aliphatic hydroxyl groups excluding tert-OH is 1. The van der Waals surface area contributed by atoms with Gasteiger partial charge in [0.25, 0.3) is 5.91 Å². The lowest BCUT2D eigenvalue weighted by molar-refractivity contribution is 0.0727. The van der Waals surface area contributed by atoms with Crippen LogP contribution in [0.2, 0.25) is 0 Å². The maximum atomic E-state index is 11.7. The number of nitrogens with zero attached hydrogens (tertiary/aromatic N) is 2. The second kappa shape index (κ2) is 4.93. The van der Waals surface area contributed by atoms with Gasteiger partial charge in [0.1, 0.15) is 0 Å². The Morgan fingerprint density at radius 2 is 2.40 bits per heavy atom. The van der Waals surface area contributed by atoms with Crippen molar-refractivity contribution >= 4 is 5.91 Å². The maximum Gasteiger partial charge on any atom is 0.292 e. The van der Waals surface area contributed by atoms with E-state index in [2.05, 4.69) is 5.16 Å². The first-order chi connectivity index (χ1) is 7.02. The van der Waals surface area contributed by atoms with E-state index in [-0.39, 0.29) is 11.7 Å². The fraction of sp³-hybridized carbons (Fsp3) is 0.600. The third-order valence-corrected chi connectivity index (χ3v) is 2.17. The zero-order chi connectivity index (χ0) is 11.4. The average molecular weight is 212 g/mol. The first-order valence-electron chi connectivity index (χ1n) is 4.87. The van der Waals surface area contributed by atoms with Gasteiger partial charge < -0.3 is 14.5 Å². The lowest BCUT2D eigenvalue weighted by Crippen LogP contribution is -2.29. The molecule has 1 unspecified atom stereocenters. The van der Waals surface area contributed by atoms with Crippen LogP contribution in [0.5, 0.6) is 0 Å². The van der Waals surface area contributed by atoms with Crippen LogP contribution in [-0.2, 0) is 0 Å². The van der Waals surface area contributed by atoms with E-state index < -0.39 is 6.10 Å². The number of aliphatic hydroxyl groups is 1. The molecule has 5 heteroatoms. The molecule has 5 nitrogen and oxygen atoms in total. The molecule has 84 valence electrons. The van der Waals surface area contributed by atoms with Crippen molar-refractivity contribution in [2.75, 3.05) is 13.6 Å². The average Bonchev–Trinajstić information content (AvgIpc) is 2.59. The Balaban J connectivity index is 2.57. The van der Waals surface area contributed by atoms with E-state index in [4.69, 9.17) is 9.63 Å². The number of hydrogen-bond donors (Lipinski definition) is 1. The van der Waals surface area contributed by atoms with Crippen molar-refractivity contribution in [1.29, 1.82) is 0 Å². The van der Waals surface area contributed by atoms with Crippen molar-refractivity contribution < 1.29 is 14.4 Å². The molecule has 1 heterocycles. The number of aromatic nitrogens is 1. The summed E-state index contributed by atoms with van der Waals surface area (Å²) < 4.78 is 4.85. The quantitative estimate of drug-likeness (QED) is 0.802. The Bertz CT molecular complexity index is 333. The molecule has 0 spiro atoms. The van der Waals surface area contributed by atoms with Crippen LogP contribution >= 0.6 is 0 Å². The van der Waals surface area contributed by atoms with Crippen LogP contribution in [0.1, 0.15) is 29.5 Å². The summed E-state index contributed by atoms with van der Waals surface area (Å²) in [5, 5.41) is 12.6. The van der Waals surface area contributed by atoms with Gasteiger partial charge in [0, 0.05) is 19.2 Å². The summed E-state index contributed by atoms with van der Waals surface area (Å²) in [7, 11) is 1.67. The Hall–Kier alpha value is -1.36. The second-order valence-electron chi connectivity index (χ2n) is 3.70. The van der Waals surface area contributed by atoms with Crippen LogP contribution in [-0.4, -0.2) is 40.8 Å². The standard InChI is InChI=1S/C10H16N2O3/c1-7-6-11-15-9(7)10(14)12(3)5-4-8(2)13/h6,8,13H,4-5H2,1-3H3. The van der Waals surface area contributed by atoms with Gasteiger partial charge in [0.05, 0.1) is 12.3 Å². The molecule has 0 aliphatic carbocycles. The molecule has 0 aliphatic heterocycles. The van der Waals surface area contributed by atoms with E-state index in [0.29, 0.717) is 13.0 Å². The number of hydrogen-bond acceptors (Lipinski definition) is 4. The monoisotopic (exact) mass is 212 g/mol. The third kappa shape index (κ3) is 3.06. The zero-order valence-electron chi connectivity index (χ0n) is 9.23. The predicted octanol–water partition coefficient (Wildman–Crippen LogP) is 0.826. The molecule has 0 radical (unpaired) electrons. The van der Waals surface area contributed by atoms with E-state index >= 15 is 0 Å². The summed E-state index contributed by atoms with van der Waals surface area (Å²) in [4.78, 5) is 13.3. The summed E-state index contributed by atoms with van der Waals surface area (Å²) in [5.74, 6) is 0.0637. The SMILES string of the molecule is Cc1cnoc1C(=O)N(C)CCC(C)O. The van der Waals surface area contributed by atoms with Gasteiger partial charge in [0.2, 0.25) is 5.76 Å². The summed E-state index contributed by atoms with van der Waals surface area (Å²) in [6.07, 6.45) is 1.65. The smallest absolute Gasteiger partial charge is 0.292 e. The van der Waals surface area contributed by atoms with Crippen LogP contribution in [0, 0.1) is 6.92 Å². The minimum absolute atomic E-state index is 0.203. The van der Waals surface area contributed by atoms with Gasteiger partial charge in [-0.3, -0.25) is 4.79 Å². The van der Waals surface area contributed by atoms with Crippen molar-refractivity contribution in [2.24, 2.45) is 0 Å². The molecule has 15 heavy (non-hydrogen) atoms. The van der Waals surface area contributed by atoms with E-state index in [1.807, 2.05) is 0 Å². The Morgan fingerprint density at radius 3 is 2.87 bits per heavy atom. The topological polar surface area (TPSA) is 66.6 Å². The fourth-order valence-corrected chi connectivity index (χ4v) is 1.15. The molecular formula is C10H16N2O3. The van der Waals surface area contributed by atoms with Crippen LogP contribution in [0.15, 0.2) is 10.7 Å². The first-order valence-corrected chi connectivity index (χ1v) is 4.87. The van der Waals surface area contributed by atoms with Gasteiger partial charge in [-0.15, -0.1) is 0 Å². The molecule has 1 amide bonds. The molecule has 1 N–H and O–H groups in total. The van der Waals surface area contributed by atoms with Crippen LogP contribution in [0.25, 0.3) is 0 Å². The summed E-state index contributed by atoms with van der Waals surface area (Å²) >= 11 is 0. The summed E-state index contributed by atoms with van der Waals surface area (Å²) in [6.45, 7) is 3.96. The molecule has 0 bridgehead atoms. The molecule has 0 fully saturated rings. The highest BCUT2D eigenvalue weighted by molar-refractivity contribution is 5.92. The van der Waals surface area contributed by atoms with Crippen molar-refractivity contribution in [3.05, 3.63) is 17.5 Å². The number of rotatable bonds is 4. The highest BCUT2D eigenvalue weighted by Crippen LogP contribution is 2.09. The molecule has 0 saturated carbocycles. The summed E-state index contributed by atoms with van der Waals surface area (Å²) in [6, 6.07) is 0. The predicted molar refractivity (Wildman–Crippen MR) is 54.5 cm³/mol. The fourth-order valence-electron chi connectivity index (χ4n) is 1.15. The van der Waals surface area contributed by atoms with Crippen LogP contribution in [0.3, 0.4) is 0 Å². The second-order valence-corrected chi connectivity index (χ2v) is 3.70. The molecule has 0 aliphatic rings. The number of aryl methyl sites for hydroxylation is 1. The Kier molecular flexibility index (Phi) is 3.85. The molecule has 0 aromatic carbocycles. The van der Waals surface area contributed by atoms with Crippen molar-refractivity contribution in [3.8, 4) is 0 Å². The third-order valence-electron chi connectivity index (χ3n) is 2.17. The molecule has 1 aromatic heterocycles. The molecule has 1 atom stereocenters. The van der Waals surface area contributed by atoms with E-state index in [1.165, 1.54) is 11.1 Å². The lowest BCUT2D eigenvalue weighted by atomic mass is 10.2. The van der Waals surface area contributed by atoms with Gasteiger partial charge in [0.15, 0.2) is 0 Å². The van der Waals surface area contributed by atoms with Crippen molar-refractivity contribution in [2.45, 2.75) is 26.4 Å². The highest BCUT2D eigenvalue weighted by atomic mass is 16.5. The number of amides is 1. The van der Waals surface area contributed by atoms with Gasteiger partial charge in [-0.2, -0.15) is 0 Å². The molecular weight excluding hydrogens is 196 g/mol. The van der Waals surface area contributed by atoms with Crippen molar-refractivity contribution in [3.63, 3.8) is 0 Å². The number of carbonyl (C=O) groups excluding carboxylic acids is 1. The van der Waals surface area contributed by atoms with Gasteiger partial charge in [-0.05, 0) is 20.3 Å². The highest BCUT2D eigenvalue weighted by Gasteiger charge is 2.18. The van der Waals surface area contributed by atoms with E-state index in [9.17, 15) is 4.79 Å².